The van der Waals surface area contributed by atoms with Gasteiger partial charge in [0, 0.05) is 10.9 Å². The number of nitrogens with zero attached hydrogens (tertiary/aromatic N) is 1. The summed E-state index contributed by atoms with van der Waals surface area (Å²) >= 11 is 0. The second-order valence-corrected chi connectivity index (χ2v) is 4.08. The summed E-state index contributed by atoms with van der Waals surface area (Å²) in [6, 6.07) is 3.26. The third-order valence-corrected chi connectivity index (χ3v) is 2.73. The van der Waals surface area contributed by atoms with Crippen molar-refractivity contribution in [3.05, 3.63) is 36.0 Å². The second kappa shape index (κ2) is 5.56. The van der Waals surface area contributed by atoms with Crippen molar-refractivity contribution in [2.75, 3.05) is 6.61 Å². The van der Waals surface area contributed by atoms with Crippen LogP contribution in [0.2, 0.25) is 0 Å². The van der Waals surface area contributed by atoms with Gasteiger partial charge in [-0.15, -0.1) is 6.58 Å². The van der Waals surface area contributed by atoms with E-state index >= 15 is 0 Å². The first kappa shape index (κ1) is 13.1. The van der Waals surface area contributed by atoms with Crippen molar-refractivity contribution < 1.29 is 19.2 Å². The molecule has 0 unspecified atom stereocenters. The lowest BCUT2D eigenvalue weighted by Gasteiger charge is -2.02. The highest BCUT2D eigenvalue weighted by Crippen LogP contribution is 2.28. The maximum atomic E-state index is 11.4. The van der Waals surface area contributed by atoms with Crippen LogP contribution in [0.4, 0.5) is 0 Å². The van der Waals surface area contributed by atoms with Crippen LogP contribution in [0, 0.1) is 0 Å². The molecule has 0 radical (unpaired) electrons. The number of phenols is 1. The molecule has 2 aromatic rings. The summed E-state index contributed by atoms with van der Waals surface area (Å²) in [4.78, 5) is 11.4. The van der Waals surface area contributed by atoms with Crippen LogP contribution >= 0.6 is 0 Å². The molecule has 1 aromatic heterocycles. The van der Waals surface area contributed by atoms with Gasteiger partial charge in [0.05, 0.1) is 13.0 Å². The first-order chi connectivity index (χ1) is 9.15. The fraction of sp³-hybridized carbons (Fsp3) is 0.286. The Morgan fingerprint density at radius 1 is 1.58 bits per heavy atom. The van der Waals surface area contributed by atoms with E-state index in [9.17, 15) is 9.90 Å². The van der Waals surface area contributed by atoms with Gasteiger partial charge in [0.1, 0.15) is 11.4 Å². The van der Waals surface area contributed by atoms with E-state index in [1.54, 1.807) is 25.1 Å². The molecule has 5 nitrogen and oxygen atoms in total. The van der Waals surface area contributed by atoms with Crippen molar-refractivity contribution in [3.8, 4) is 5.75 Å². The first-order valence-corrected chi connectivity index (χ1v) is 6.02. The number of allylic oxidation sites excluding steroid dienone is 1. The standard InChI is InChI=1S/C14H15NO4/c1-3-5-9-6-13-10(7-12(9)16)11(15-19-13)8-14(17)18-4-2/h3,6-7,16H,1,4-5,8H2,2H3. The molecule has 0 aliphatic heterocycles. The highest BCUT2D eigenvalue weighted by Gasteiger charge is 2.15. The van der Waals surface area contributed by atoms with Crippen LogP contribution in [0.1, 0.15) is 18.2 Å². The summed E-state index contributed by atoms with van der Waals surface area (Å²) in [5.41, 5.74) is 1.71. The average molecular weight is 261 g/mol. The molecule has 1 heterocycles. The van der Waals surface area contributed by atoms with Crippen LogP contribution in [0.25, 0.3) is 11.0 Å². The molecule has 0 atom stereocenters. The predicted molar refractivity (Wildman–Crippen MR) is 69.9 cm³/mol. The molecule has 100 valence electrons. The van der Waals surface area contributed by atoms with Gasteiger partial charge >= 0.3 is 5.97 Å². The minimum absolute atomic E-state index is 0.0289. The van der Waals surface area contributed by atoms with Crippen molar-refractivity contribution in [2.24, 2.45) is 0 Å². The number of hydrogen-bond donors (Lipinski definition) is 1. The summed E-state index contributed by atoms with van der Waals surface area (Å²) in [6.07, 6.45) is 2.26. The Morgan fingerprint density at radius 2 is 2.37 bits per heavy atom. The third kappa shape index (κ3) is 2.76. The lowest BCUT2D eigenvalue weighted by Crippen LogP contribution is -2.07. The SMILES string of the molecule is C=CCc1cc2onc(CC(=O)OCC)c2cc1O. The number of aromatic nitrogens is 1. The summed E-state index contributed by atoms with van der Waals surface area (Å²) < 4.78 is 10.0. The second-order valence-electron chi connectivity index (χ2n) is 4.08. The van der Waals surface area contributed by atoms with E-state index in [0.29, 0.717) is 35.3 Å². The van der Waals surface area contributed by atoms with E-state index in [2.05, 4.69) is 11.7 Å². The number of rotatable bonds is 5. The van der Waals surface area contributed by atoms with Crippen molar-refractivity contribution >= 4 is 16.9 Å². The van der Waals surface area contributed by atoms with Gasteiger partial charge in [0.2, 0.25) is 0 Å². The fourth-order valence-electron chi connectivity index (χ4n) is 1.86. The lowest BCUT2D eigenvalue weighted by atomic mass is 10.1. The van der Waals surface area contributed by atoms with E-state index in [1.165, 1.54) is 0 Å². The molecule has 0 bridgehead atoms. The molecule has 19 heavy (non-hydrogen) atoms. The smallest absolute Gasteiger partial charge is 0.312 e. The minimum atomic E-state index is -0.368. The van der Waals surface area contributed by atoms with Crippen molar-refractivity contribution in [1.82, 2.24) is 5.16 Å². The van der Waals surface area contributed by atoms with Gasteiger partial charge < -0.3 is 14.4 Å². The van der Waals surface area contributed by atoms with Gasteiger partial charge in [-0.1, -0.05) is 11.2 Å². The molecule has 1 aromatic carbocycles. The highest BCUT2D eigenvalue weighted by atomic mass is 16.5. The normalized spacial score (nSPS) is 10.6. The number of carbonyl (C=O) groups excluding carboxylic acids is 1. The molecule has 0 amide bonds. The molecule has 0 aliphatic carbocycles. The van der Waals surface area contributed by atoms with Gasteiger partial charge in [-0.2, -0.15) is 0 Å². The number of aromatic hydroxyl groups is 1. The van der Waals surface area contributed by atoms with Crippen LogP contribution in [-0.4, -0.2) is 22.8 Å². The molecule has 0 saturated carbocycles. The van der Waals surface area contributed by atoms with Crippen LogP contribution in [-0.2, 0) is 22.4 Å². The maximum Gasteiger partial charge on any atom is 0.312 e. The maximum absolute atomic E-state index is 11.4. The lowest BCUT2D eigenvalue weighted by molar-refractivity contribution is -0.142. The first-order valence-electron chi connectivity index (χ1n) is 6.02. The van der Waals surface area contributed by atoms with Crippen LogP contribution < -0.4 is 0 Å². The molecular formula is C14H15NO4. The Kier molecular flexibility index (Phi) is 3.85. The van der Waals surface area contributed by atoms with Crippen molar-refractivity contribution in [3.63, 3.8) is 0 Å². The summed E-state index contributed by atoms with van der Waals surface area (Å²) in [6.45, 7) is 5.69. The van der Waals surface area contributed by atoms with Gasteiger partial charge in [0.25, 0.3) is 0 Å². The Labute approximate surface area is 110 Å². The van der Waals surface area contributed by atoms with E-state index < -0.39 is 0 Å². The van der Waals surface area contributed by atoms with E-state index in [1.807, 2.05) is 0 Å². The molecule has 0 fully saturated rings. The number of fused-ring (bicyclic) bond motifs is 1. The van der Waals surface area contributed by atoms with Gasteiger partial charge in [0.15, 0.2) is 5.58 Å². The Bertz CT molecular complexity index is 615. The van der Waals surface area contributed by atoms with E-state index in [-0.39, 0.29) is 18.1 Å². The molecule has 5 heteroatoms. The van der Waals surface area contributed by atoms with Crippen LogP contribution in [0.15, 0.2) is 29.3 Å². The summed E-state index contributed by atoms with van der Waals surface area (Å²) in [7, 11) is 0. The van der Waals surface area contributed by atoms with Crippen LogP contribution in [0.3, 0.4) is 0 Å². The summed E-state index contributed by atoms with van der Waals surface area (Å²) in [5, 5.41) is 14.4. The number of carbonyl (C=O) groups is 1. The number of benzene rings is 1. The van der Waals surface area contributed by atoms with E-state index in [0.717, 1.165) is 0 Å². The largest absolute Gasteiger partial charge is 0.508 e. The Morgan fingerprint density at radius 3 is 3.05 bits per heavy atom. The number of esters is 1. The highest BCUT2D eigenvalue weighted by molar-refractivity contribution is 5.86. The molecule has 0 spiro atoms. The molecule has 1 N–H and O–H groups in total. The van der Waals surface area contributed by atoms with Gasteiger partial charge in [-0.25, -0.2) is 0 Å². The molecule has 0 aliphatic rings. The quantitative estimate of drug-likeness (QED) is 0.660. The predicted octanol–water partition coefficient (Wildman–Crippen LogP) is 2.37. The average Bonchev–Trinajstić information content (AvgIpc) is 2.73. The monoisotopic (exact) mass is 261 g/mol. The van der Waals surface area contributed by atoms with Crippen molar-refractivity contribution in [2.45, 2.75) is 19.8 Å². The minimum Gasteiger partial charge on any atom is -0.508 e. The number of hydrogen-bond acceptors (Lipinski definition) is 5. The van der Waals surface area contributed by atoms with Crippen LogP contribution in [0.5, 0.6) is 5.75 Å². The Hall–Kier alpha value is -2.30. The fourth-order valence-corrected chi connectivity index (χ4v) is 1.86. The number of phenolic OH excluding ortho intramolecular Hbond substituents is 1. The topological polar surface area (TPSA) is 72.6 Å². The molecular weight excluding hydrogens is 246 g/mol. The van der Waals surface area contributed by atoms with Gasteiger partial charge in [-0.3, -0.25) is 4.79 Å². The van der Waals surface area contributed by atoms with Crippen molar-refractivity contribution in [1.29, 1.82) is 0 Å². The molecule has 0 saturated heterocycles. The number of ether oxygens (including phenoxy) is 1. The zero-order valence-electron chi connectivity index (χ0n) is 10.7. The third-order valence-electron chi connectivity index (χ3n) is 2.73. The zero-order chi connectivity index (χ0) is 13.8. The summed E-state index contributed by atoms with van der Waals surface area (Å²) in [5.74, 6) is -0.229. The zero-order valence-corrected chi connectivity index (χ0v) is 10.7. The van der Waals surface area contributed by atoms with Gasteiger partial charge in [-0.05, 0) is 25.5 Å². The Balaban J connectivity index is 2.35. The molecule has 2 rings (SSSR count). The van der Waals surface area contributed by atoms with E-state index in [4.69, 9.17) is 9.26 Å².